The molecule has 126 valence electrons. The summed E-state index contributed by atoms with van der Waals surface area (Å²) in [6, 6.07) is 7.54. The van der Waals surface area contributed by atoms with Gasteiger partial charge < -0.3 is 19.2 Å². The maximum atomic E-state index is 12.4. The number of methoxy groups -OCH3 is 1. The van der Waals surface area contributed by atoms with E-state index in [0.717, 1.165) is 16.7 Å². The molecule has 7 heteroatoms. The second kappa shape index (κ2) is 7.64. The number of hydrogen-bond donors (Lipinski definition) is 1. The van der Waals surface area contributed by atoms with Gasteiger partial charge in [0.1, 0.15) is 13.3 Å². The Balaban J connectivity index is 1.88. The highest BCUT2D eigenvalue weighted by Crippen LogP contribution is 2.34. The largest absolute Gasteiger partial charge is 0.493 e. The highest BCUT2D eigenvalue weighted by Gasteiger charge is 2.30. The van der Waals surface area contributed by atoms with Crippen LogP contribution in [0.4, 0.5) is 4.39 Å². The highest BCUT2D eigenvalue weighted by atomic mass is 19.1. The van der Waals surface area contributed by atoms with Crippen LogP contribution in [-0.2, 0) is 4.65 Å². The zero-order valence-corrected chi connectivity index (χ0v) is 13.4. The van der Waals surface area contributed by atoms with Gasteiger partial charge in [0.05, 0.1) is 7.11 Å². The lowest BCUT2D eigenvalue weighted by Crippen LogP contribution is -2.07. The summed E-state index contributed by atoms with van der Waals surface area (Å²) in [5.74, 6) is 1.19. The molecule has 0 bridgehead atoms. The molecule has 1 fully saturated rings. The first-order valence-electron chi connectivity index (χ1n) is 7.83. The molecule has 1 aliphatic heterocycles. The van der Waals surface area contributed by atoms with Crippen molar-refractivity contribution in [1.29, 1.82) is 0 Å². The van der Waals surface area contributed by atoms with Gasteiger partial charge in [-0.15, -0.1) is 0 Å². The van der Waals surface area contributed by atoms with Crippen molar-refractivity contribution in [2.45, 2.75) is 12.2 Å². The molecule has 3 rings (SSSR count). The minimum atomic E-state index is -0.708. The van der Waals surface area contributed by atoms with Gasteiger partial charge in [0.25, 0.3) is 0 Å². The molecule has 0 aliphatic carbocycles. The number of pyridine rings is 1. The summed E-state index contributed by atoms with van der Waals surface area (Å²) < 4.78 is 28.3. The molecule has 0 saturated carbocycles. The Morgan fingerprint density at radius 2 is 2.17 bits per heavy atom. The van der Waals surface area contributed by atoms with Crippen LogP contribution in [-0.4, -0.2) is 44.1 Å². The average Bonchev–Trinajstić information content (AvgIpc) is 3.06. The van der Waals surface area contributed by atoms with E-state index in [4.69, 9.17) is 14.1 Å². The van der Waals surface area contributed by atoms with Crippen LogP contribution < -0.4 is 9.47 Å². The van der Waals surface area contributed by atoms with Crippen molar-refractivity contribution in [1.82, 2.24) is 4.98 Å². The van der Waals surface area contributed by atoms with Crippen LogP contribution in [0.15, 0.2) is 36.7 Å². The first kappa shape index (κ1) is 16.7. The molecular formula is C17H19BFNO4. The zero-order chi connectivity index (χ0) is 16.9. The summed E-state index contributed by atoms with van der Waals surface area (Å²) in [6.45, 7) is -0.0936. The predicted molar refractivity (Wildman–Crippen MR) is 89.2 cm³/mol. The van der Waals surface area contributed by atoms with E-state index >= 15 is 0 Å². The van der Waals surface area contributed by atoms with Crippen LogP contribution >= 0.6 is 0 Å². The van der Waals surface area contributed by atoms with Crippen LogP contribution in [0.3, 0.4) is 0 Å². The van der Waals surface area contributed by atoms with Crippen molar-refractivity contribution in [2.75, 3.05) is 27.0 Å². The van der Waals surface area contributed by atoms with E-state index in [2.05, 4.69) is 4.98 Å². The fourth-order valence-corrected chi connectivity index (χ4v) is 2.80. The van der Waals surface area contributed by atoms with Gasteiger partial charge in [0.2, 0.25) is 0 Å². The maximum Gasteiger partial charge on any atom is 0.454 e. The van der Waals surface area contributed by atoms with Crippen molar-refractivity contribution >= 4 is 7.12 Å². The third-order valence-corrected chi connectivity index (χ3v) is 4.04. The lowest BCUT2D eigenvalue weighted by molar-refractivity contribution is 0.260. The maximum absolute atomic E-state index is 12.4. The molecule has 0 spiro atoms. The van der Waals surface area contributed by atoms with Gasteiger partial charge in [0.15, 0.2) is 11.5 Å². The van der Waals surface area contributed by atoms with Crippen molar-refractivity contribution < 1.29 is 23.5 Å². The molecule has 1 N–H and O–H groups in total. The first-order valence-corrected chi connectivity index (χ1v) is 7.83. The molecule has 0 amide bonds. The fraction of sp³-hybridized carbons (Fsp3) is 0.353. The summed E-state index contributed by atoms with van der Waals surface area (Å²) >= 11 is 0. The number of aromatic nitrogens is 1. The third kappa shape index (κ3) is 3.68. The number of halogens is 1. The molecular weight excluding hydrogens is 312 g/mol. The van der Waals surface area contributed by atoms with Gasteiger partial charge in [0, 0.05) is 30.5 Å². The molecule has 1 aliphatic rings. The van der Waals surface area contributed by atoms with E-state index in [0.29, 0.717) is 24.4 Å². The smallest absolute Gasteiger partial charge is 0.454 e. The SMILES string of the molecule is COc1ccc(-c2cncc([C@@H]3COB(O)C3)c2)cc1OCCF. The molecule has 0 unspecified atom stereocenters. The van der Waals surface area contributed by atoms with Gasteiger partial charge in [-0.05, 0) is 35.6 Å². The Hall–Kier alpha value is -2.12. The molecule has 1 aromatic heterocycles. The summed E-state index contributed by atoms with van der Waals surface area (Å²) in [5, 5.41) is 9.52. The van der Waals surface area contributed by atoms with Gasteiger partial charge >= 0.3 is 7.12 Å². The Bertz CT molecular complexity index is 700. The van der Waals surface area contributed by atoms with Crippen LogP contribution in [0.1, 0.15) is 11.5 Å². The molecule has 2 aromatic rings. The van der Waals surface area contributed by atoms with Gasteiger partial charge in [-0.2, -0.15) is 0 Å². The average molecular weight is 331 g/mol. The summed E-state index contributed by atoms with van der Waals surface area (Å²) in [5.41, 5.74) is 2.84. The van der Waals surface area contributed by atoms with Crippen LogP contribution in [0, 0.1) is 0 Å². The number of benzene rings is 1. The van der Waals surface area contributed by atoms with Crippen molar-refractivity contribution in [2.24, 2.45) is 0 Å². The first-order chi connectivity index (χ1) is 11.7. The Morgan fingerprint density at radius 1 is 1.29 bits per heavy atom. The number of rotatable bonds is 6. The molecule has 0 radical (unpaired) electrons. The number of alkyl halides is 1. The zero-order valence-electron chi connectivity index (χ0n) is 13.4. The van der Waals surface area contributed by atoms with E-state index in [9.17, 15) is 9.41 Å². The second-order valence-electron chi connectivity index (χ2n) is 5.63. The molecule has 5 nitrogen and oxygen atoms in total. The second-order valence-corrected chi connectivity index (χ2v) is 5.63. The summed E-state index contributed by atoms with van der Waals surface area (Å²) in [4.78, 5) is 4.30. The normalized spacial score (nSPS) is 17.1. The minimum absolute atomic E-state index is 0.0184. The van der Waals surface area contributed by atoms with E-state index in [-0.39, 0.29) is 12.5 Å². The Kier molecular flexibility index (Phi) is 5.32. The molecule has 1 aromatic carbocycles. The lowest BCUT2D eigenvalue weighted by Gasteiger charge is -2.13. The molecule has 24 heavy (non-hydrogen) atoms. The van der Waals surface area contributed by atoms with E-state index in [1.54, 1.807) is 25.6 Å². The van der Waals surface area contributed by atoms with Gasteiger partial charge in [-0.1, -0.05) is 6.07 Å². The minimum Gasteiger partial charge on any atom is -0.493 e. The highest BCUT2D eigenvalue weighted by molar-refractivity contribution is 6.43. The monoisotopic (exact) mass is 331 g/mol. The quantitative estimate of drug-likeness (QED) is 0.825. The number of nitrogens with zero attached hydrogens (tertiary/aromatic N) is 1. The van der Waals surface area contributed by atoms with Gasteiger partial charge in [-0.3, -0.25) is 4.98 Å². The summed E-state index contributed by atoms with van der Waals surface area (Å²) in [6.07, 6.45) is 4.12. The predicted octanol–water partition coefficient (Wildman–Crippen LogP) is 2.70. The van der Waals surface area contributed by atoms with Crippen LogP contribution in [0.25, 0.3) is 11.1 Å². The topological polar surface area (TPSA) is 60.8 Å². The van der Waals surface area contributed by atoms with E-state index < -0.39 is 13.8 Å². The molecule has 1 saturated heterocycles. The van der Waals surface area contributed by atoms with Crippen molar-refractivity contribution in [3.63, 3.8) is 0 Å². The Morgan fingerprint density at radius 3 is 2.88 bits per heavy atom. The van der Waals surface area contributed by atoms with Crippen molar-refractivity contribution in [3.05, 3.63) is 42.2 Å². The standard InChI is InChI=1S/C17H19BFNO4/c1-22-16-3-2-12(7-17(16)23-5-4-19)13-6-14(10-20-9-13)15-8-18(21)24-11-15/h2-3,6-7,9-10,15,21H,4-5,8,11H2,1H3/t15-/m0/s1. The van der Waals surface area contributed by atoms with E-state index in [1.165, 1.54) is 0 Å². The van der Waals surface area contributed by atoms with Crippen LogP contribution in [0.5, 0.6) is 11.5 Å². The fourth-order valence-electron chi connectivity index (χ4n) is 2.80. The molecule has 2 heterocycles. The van der Waals surface area contributed by atoms with Gasteiger partial charge in [-0.25, -0.2) is 4.39 Å². The molecule has 1 atom stereocenters. The lowest BCUT2D eigenvalue weighted by atomic mass is 9.80. The number of ether oxygens (including phenoxy) is 2. The Labute approximate surface area is 140 Å². The summed E-state index contributed by atoms with van der Waals surface area (Å²) in [7, 11) is 0.839. The number of hydrogen-bond acceptors (Lipinski definition) is 5. The van der Waals surface area contributed by atoms with Crippen molar-refractivity contribution in [3.8, 4) is 22.6 Å². The third-order valence-electron chi connectivity index (χ3n) is 4.04. The van der Waals surface area contributed by atoms with E-state index in [1.807, 2.05) is 18.2 Å². The van der Waals surface area contributed by atoms with Crippen LogP contribution in [0.2, 0.25) is 6.32 Å².